The van der Waals surface area contributed by atoms with Crippen LogP contribution in [0, 0.1) is 0 Å². The Kier molecular flexibility index (Phi) is 29.6. The molecule has 0 rings (SSSR count). The number of quaternary nitrogens is 1. The third-order valence-corrected chi connectivity index (χ3v) is 8.43. The zero-order chi connectivity index (χ0) is 29.6. The van der Waals surface area contributed by atoms with Gasteiger partial charge in [-0.15, -0.1) is 0 Å². The predicted octanol–water partition coefficient (Wildman–Crippen LogP) is 6.59. The summed E-state index contributed by atoms with van der Waals surface area (Å²) < 4.78 is 34.0. The molecule has 40 heavy (non-hydrogen) atoms. The van der Waals surface area contributed by atoms with Crippen molar-refractivity contribution in [3.05, 3.63) is 0 Å². The van der Waals surface area contributed by atoms with Crippen molar-refractivity contribution in [2.45, 2.75) is 148 Å². The summed E-state index contributed by atoms with van der Waals surface area (Å²) in [5.41, 5.74) is 3.69. The zero-order valence-electron chi connectivity index (χ0n) is 26.2. The van der Waals surface area contributed by atoms with Crippen LogP contribution in [-0.4, -0.2) is 57.8 Å². The Hall–Kier alpha value is -0.500. The number of carbonyl (C=O) groups is 1. The molecule has 8 nitrogen and oxygen atoms in total. The van der Waals surface area contributed by atoms with E-state index < -0.39 is 13.7 Å². The minimum Gasteiger partial charge on any atom is -0.778 e. The van der Waals surface area contributed by atoms with Gasteiger partial charge >= 0.3 is 5.97 Å². The molecule has 240 valence electrons. The fourth-order valence-electron chi connectivity index (χ4n) is 4.53. The highest BCUT2D eigenvalue weighted by Gasteiger charge is 2.15. The van der Waals surface area contributed by atoms with E-state index in [2.05, 4.69) is 12.7 Å². The summed E-state index contributed by atoms with van der Waals surface area (Å²) in [6.07, 6.45) is 22.5. The molecular weight excluding hydrogens is 529 g/mol. The summed E-state index contributed by atoms with van der Waals surface area (Å²) in [6, 6.07) is 0. The molecule has 0 aromatic carbocycles. The van der Waals surface area contributed by atoms with Gasteiger partial charge in [0.1, 0.15) is 13.7 Å². The fraction of sp³-hybridized carbons (Fsp3) is 0.968. The van der Waals surface area contributed by atoms with Crippen molar-refractivity contribution in [2.75, 3.05) is 45.7 Å². The smallest absolute Gasteiger partial charge is 0.305 e. The van der Waals surface area contributed by atoms with E-state index in [4.69, 9.17) is 18.7 Å². The van der Waals surface area contributed by atoms with E-state index in [1.807, 2.05) is 6.92 Å². The maximum Gasteiger partial charge on any atom is 0.305 e. The second kappa shape index (κ2) is 30.0. The first-order valence-electron chi connectivity index (χ1n) is 16.5. The molecule has 0 aromatic rings. The molecule has 0 amide bonds. The molecule has 0 aliphatic heterocycles. The van der Waals surface area contributed by atoms with Gasteiger partial charge in [-0.25, -0.2) is 0 Å². The lowest BCUT2D eigenvalue weighted by molar-refractivity contribution is -0.367. The monoisotopic (exact) mass is 593 g/mol. The largest absolute Gasteiger partial charge is 0.778 e. The van der Waals surface area contributed by atoms with Crippen molar-refractivity contribution in [3.8, 4) is 0 Å². The van der Waals surface area contributed by atoms with Crippen LogP contribution >= 0.6 is 7.60 Å². The van der Waals surface area contributed by atoms with Crippen molar-refractivity contribution < 1.29 is 38.7 Å². The van der Waals surface area contributed by atoms with Crippen LogP contribution in [0.3, 0.4) is 0 Å². The van der Waals surface area contributed by atoms with E-state index in [9.17, 15) is 14.3 Å². The molecule has 2 unspecified atom stereocenters. The number of esters is 1. The Morgan fingerprint density at radius 3 is 1.80 bits per heavy atom. The summed E-state index contributed by atoms with van der Waals surface area (Å²) in [6.45, 7) is 6.54. The summed E-state index contributed by atoms with van der Waals surface area (Å²) >= 11 is 0. The van der Waals surface area contributed by atoms with Crippen LogP contribution in [0.5, 0.6) is 0 Å². The van der Waals surface area contributed by atoms with E-state index in [1.165, 1.54) is 77.0 Å². The van der Waals surface area contributed by atoms with E-state index >= 15 is 0 Å². The summed E-state index contributed by atoms with van der Waals surface area (Å²) in [5.74, 6) is -0.146. The molecule has 0 spiro atoms. The van der Waals surface area contributed by atoms with Gasteiger partial charge in [0.25, 0.3) is 0 Å². The van der Waals surface area contributed by atoms with Gasteiger partial charge in [0.2, 0.25) is 0 Å². The zero-order valence-corrected chi connectivity index (χ0v) is 27.1. The molecule has 0 heterocycles. The van der Waals surface area contributed by atoms with E-state index in [-0.39, 0.29) is 18.7 Å². The van der Waals surface area contributed by atoms with Crippen LogP contribution in [0.1, 0.15) is 142 Å². The minimum absolute atomic E-state index is 0.00356. The maximum atomic E-state index is 12.1. The first kappa shape index (κ1) is 39.5. The Balaban J connectivity index is 3.95. The van der Waals surface area contributed by atoms with Gasteiger partial charge in [-0.1, -0.05) is 103 Å². The number of ether oxygens (including phenoxy) is 3. The second-order valence-electron chi connectivity index (χ2n) is 11.0. The fourth-order valence-corrected chi connectivity index (χ4v) is 5.67. The lowest BCUT2D eigenvalue weighted by Gasteiger charge is -2.26. The quantitative estimate of drug-likeness (QED) is 0.0531. The molecule has 2 atom stereocenters. The van der Waals surface area contributed by atoms with Gasteiger partial charge in [-0.2, -0.15) is 0 Å². The summed E-state index contributed by atoms with van der Waals surface area (Å²) in [7, 11) is -3.88. The predicted molar refractivity (Wildman–Crippen MR) is 161 cm³/mol. The van der Waals surface area contributed by atoms with Crippen LogP contribution in [-0.2, 0) is 28.1 Å². The number of carbonyl (C=O) groups excluding carboxylic acids is 1. The summed E-state index contributed by atoms with van der Waals surface area (Å²) in [4.78, 5) is 23.5. The van der Waals surface area contributed by atoms with Crippen molar-refractivity contribution in [1.29, 1.82) is 0 Å². The van der Waals surface area contributed by atoms with E-state index in [0.717, 1.165) is 38.5 Å². The van der Waals surface area contributed by atoms with Crippen LogP contribution < -0.4 is 10.6 Å². The van der Waals surface area contributed by atoms with Crippen LogP contribution in [0.2, 0.25) is 0 Å². The Bertz CT molecular complexity index is 594. The van der Waals surface area contributed by atoms with Crippen LogP contribution in [0.4, 0.5) is 0 Å². The lowest BCUT2D eigenvalue weighted by atomic mass is 10.0. The third-order valence-electron chi connectivity index (χ3n) is 7.02. The standard InChI is InChI=1S/C31H64NO7P/c1-3-5-6-7-8-9-10-11-12-13-14-15-17-20-25-36-28-30(29-39-40(34,35)27-22-24-32)38-26-21-18-16-19-23-31(33)37-4-2/h30H,3-29,32H2,1-2H3,(H,34,35). The Morgan fingerprint density at radius 2 is 1.25 bits per heavy atom. The number of rotatable bonds is 32. The molecular formula is C31H64NO7P. The third kappa shape index (κ3) is 29.0. The second-order valence-corrected chi connectivity index (χ2v) is 12.9. The average Bonchev–Trinajstić information content (AvgIpc) is 2.93. The lowest BCUT2D eigenvalue weighted by Crippen LogP contribution is -2.50. The number of unbranched alkanes of at least 4 members (excludes halogenated alkanes) is 16. The molecule has 0 aliphatic rings. The highest BCUT2D eigenvalue weighted by Crippen LogP contribution is 2.37. The molecule has 0 radical (unpaired) electrons. The SMILES string of the molecule is CCCCCCCCCCCCCCCCOCC(COP(=O)([O-])CCC[NH3+])OCCCCCCC(=O)OCC. The van der Waals surface area contributed by atoms with Crippen molar-refractivity contribution in [2.24, 2.45) is 0 Å². The summed E-state index contributed by atoms with van der Waals surface area (Å²) in [5, 5.41) is 0. The Morgan fingerprint density at radius 1 is 0.725 bits per heavy atom. The van der Waals surface area contributed by atoms with Gasteiger partial charge in [0.15, 0.2) is 0 Å². The van der Waals surface area contributed by atoms with Gasteiger partial charge in [0, 0.05) is 32.2 Å². The molecule has 0 saturated heterocycles. The van der Waals surface area contributed by atoms with E-state index in [1.54, 1.807) is 0 Å². The first-order chi connectivity index (χ1) is 19.4. The molecule has 0 aliphatic carbocycles. The van der Waals surface area contributed by atoms with Gasteiger partial charge in [0.05, 0.1) is 26.4 Å². The number of hydrogen-bond donors (Lipinski definition) is 1. The van der Waals surface area contributed by atoms with Crippen molar-refractivity contribution >= 4 is 13.6 Å². The first-order valence-corrected chi connectivity index (χ1v) is 18.3. The van der Waals surface area contributed by atoms with Gasteiger partial charge in [-0.3, -0.25) is 4.79 Å². The van der Waals surface area contributed by atoms with E-state index in [0.29, 0.717) is 45.8 Å². The molecule has 9 heteroatoms. The van der Waals surface area contributed by atoms with Crippen LogP contribution in [0.15, 0.2) is 0 Å². The normalized spacial score (nSPS) is 13.8. The molecule has 0 fully saturated rings. The Labute approximate surface area is 246 Å². The molecule has 0 aromatic heterocycles. The molecule has 3 N–H and O–H groups in total. The van der Waals surface area contributed by atoms with Gasteiger partial charge < -0.3 is 33.9 Å². The van der Waals surface area contributed by atoms with Crippen LogP contribution in [0.25, 0.3) is 0 Å². The molecule has 0 bridgehead atoms. The average molecular weight is 594 g/mol. The van der Waals surface area contributed by atoms with Gasteiger partial charge in [-0.05, 0) is 26.2 Å². The molecule has 0 saturated carbocycles. The minimum atomic E-state index is -3.88. The topological polar surface area (TPSA) is 122 Å². The van der Waals surface area contributed by atoms with Crippen molar-refractivity contribution in [1.82, 2.24) is 0 Å². The number of hydrogen-bond acceptors (Lipinski definition) is 7. The highest BCUT2D eigenvalue weighted by atomic mass is 31.2. The maximum absolute atomic E-state index is 12.1. The highest BCUT2D eigenvalue weighted by molar-refractivity contribution is 7.51. The van der Waals surface area contributed by atoms with Crippen molar-refractivity contribution in [3.63, 3.8) is 0 Å².